The molecule has 6 rings (SSSR count). The van der Waals surface area contributed by atoms with Gasteiger partial charge in [-0.1, -0.05) is 44.2 Å². The van der Waals surface area contributed by atoms with Crippen LogP contribution in [0.2, 0.25) is 0 Å². The lowest BCUT2D eigenvalue weighted by Crippen LogP contribution is -2.69. The van der Waals surface area contributed by atoms with Crippen molar-refractivity contribution in [3.63, 3.8) is 0 Å². The van der Waals surface area contributed by atoms with E-state index in [0.717, 1.165) is 5.46 Å². The highest BCUT2D eigenvalue weighted by atomic mass is 16.7. The van der Waals surface area contributed by atoms with E-state index in [0.29, 0.717) is 44.1 Å². The van der Waals surface area contributed by atoms with E-state index >= 15 is 0 Å². The molecule has 0 aromatic heterocycles. The first-order valence-electron chi connectivity index (χ1n) is 15.7. The molecule has 0 amide bonds. The number of hydrogen-bond acceptors (Lipinski definition) is 8. The van der Waals surface area contributed by atoms with Crippen LogP contribution in [0.3, 0.4) is 0 Å². The Kier molecular flexibility index (Phi) is 7.03. The number of ketones is 1. The van der Waals surface area contributed by atoms with Crippen molar-refractivity contribution in [2.24, 2.45) is 22.7 Å². The van der Waals surface area contributed by atoms with Crippen LogP contribution in [0.4, 0.5) is 0 Å². The summed E-state index contributed by atoms with van der Waals surface area (Å²) < 4.78 is 13.5. The minimum absolute atomic E-state index is 0.0844. The van der Waals surface area contributed by atoms with Gasteiger partial charge in [0.2, 0.25) is 0 Å². The van der Waals surface area contributed by atoms with Crippen molar-refractivity contribution in [3.8, 4) is 0 Å². The highest BCUT2D eigenvalue weighted by Gasteiger charge is 2.73. The summed E-state index contributed by atoms with van der Waals surface area (Å²) >= 11 is 0. The molecule has 5 N–H and O–H groups in total. The number of aliphatic hydroxyl groups is 5. The lowest BCUT2D eigenvalue weighted by atomic mass is 9.44. The highest BCUT2D eigenvalue weighted by Crippen LogP contribution is 2.70. The highest BCUT2D eigenvalue weighted by molar-refractivity contribution is 6.62. The van der Waals surface area contributed by atoms with E-state index in [-0.39, 0.29) is 30.8 Å². The molecule has 10 atom stereocenters. The van der Waals surface area contributed by atoms with Crippen molar-refractivity contribution in [3.05, 3.63) is 42.0 Å². The molecule has 0 radical (unpaired) electrons. The van der Waals surface area contributed by atoms with Gasteiger partial charge in [0, 0.05) is 17.3 Å². The van der Waals surface area contributed by atoms with Crippen molar-refractivity contribution in [1.29, 1.82) is 0 Å². The summed E-state index contributed by atoms with van der Waals surface area (Å²) in [5, 5.41) is 56.0. The topological polar surface area (TPSA) is 137 Å². The number of hydrogen-bond donors (Lipinski definition) is 5. The number of benzene rings is 1. The molecular formula is C33H47BO8. The third kappa shape index (κ3) is 4.18. The molecule has 5 aliphatic rings. The van der Waals surface area contributed by atoms with Crippen LogP contribution in [-0.2, 0) is 14.1 Å². The molecule has 1 aliphatic heterocycles. The lowest BCUT2D eigenvalue weighted by molar-refractivity contribution is -0.208. The average molecular weight is 583 g/mol. The summed E-state index contributed by atoms with van der Waals surface area (Å²) in [6.07, 6.45) is 2.27. The summed E-state index contributed by atoms with van der Waals surface area (Å²) in [5.74, 6) is -0.919. The Morgan fingerprint density at radius 3 is 2.29 bits per heavy atom. The Bertz CT molecular complexity index is 1260. The first-order chi connectivity index (χ1) is 19.5. The molecule has 0 bridgehead atoms. The minimum atomic E-state index is -1.79. The standard InChI is InChI=1S/C33H47BO8/c1-28(2,38)14-13-27-31(5,42-34(41-27)20-9-7-6-8-10-20)25-12-16-32(39)22-17-26(37)33(40)19-24(36)23(35)18-30(33,4)21(22)11-15-29(25,32)3/h6-10,17,21,23-25,27,35-36,38-40H,11-16,18-19H2,1-5H3/t21-,23-,24+,25-,27+,29+,30+,31+,32+,33+/m0/s1. The molecule has 1 saturated heterocycles. The molecular weight excluding hydrogens is 535 g/mol. The number of fused-ring (bicyclic) bond motifs is 5. The summed E-state index contributed by atoms with van der Waals surface area (Å²) in [6.45, 7) is 9.61. The van der Waals surface area contributed by atoms with Gasteiger partial charge in [0.1, 0.15) is 5.60 Å². The zero-order valence-corrected chi connectivity index (χ0v) is 25.5. The Hall–Kier alpha value is -1.59. The molecule has 230 valence electrons. The molecule has 1 aromatic carbocycles. The number of carbonyl (C=O) groups is 1. The fourth-order valence-electron chi connectivity index (χ4n) is 9.79. The molecule has 9 heteroatoms. The van der Waals surface area contributed by atoms with E-state index in [1.54, 1.807) is 13.8 Å². The molecule has 1 heterocycles. The number of carbonyl (C=O) groups excluding carboxylic acids is 1. The summed E-state index contributed by atoms with van der Waals surface area (Å²) in [4.78, 5) is 13.6. The number of aliphatic hydroxyl groups excluding tert-OH is 2. The van der Waals surface area contributed by atoms with Crippen molar-refractivity contribution in [1.82, 2.24) is 0 Å². The van der Waals surface area contributed by atoms with E-state index in [1.807, 2.05) is 37.3 Å². The Labute approximate surface area is 249 Å². The van der Waals surface area contributed by atoms with Crippen LogP contribution in [0.15, 0.2) is 42.0 Å². The van der Waals surface area contributed by atoms with E-state index in [4.69, 9.17) is 9.31 Å². The molecule has 0 unspecified atom stereocenters. The second-order valence-corrected chi connectivity index (χ2v) is 15.3. The molecule has 42 heavy (non-hydrogen) atoms. The van der Waals surface area contributed by atoms with Gasteiger partial charge in [0.05, 0.1) is 35.1 Å². The Balaban J connectivity index is 1.37. The van der Waals surface area contributed by atoms with Crippen LogP contribution < -0.4 is 5.46 Å². The predicted molar refractivity (Wildman–Crippen MR) is 158 cm³/mol. The van der Waals surface area contributed by atoms with Gasteiger partial charge in [-0.3, -0.25) is 4.79 Å². The van der Waals surface area contributed by atoms with Crippen LogP contribution in [0.25, 0.3) is 0 Å². The van der Waals surface area contributed by atoms with E-state index in [9.17, 15) is 30.3 Å². The van der Waals surface area contributed by atoms with Crippen molar-refractivity contribution < 1.29 is 39.6 Å². The first kappa shape index (κ1) is 30.4. The van der Waals surface area contributed by atoms with Crippen LogP contribution in [-0.4, -0.2) is 79.2 Å². The molecule has 8 nitrogen and oxygen atoms in total. The molecule has 4 aliphatic carbocycles. The van der Waals surface area contributed by atoms with Gasteiger partial charge in [-0.2, -0.15) is 0 Å². The monoisotopic (exact) mass is 582 g/mol. The lowest BCUT2D eigenvalue weighted by Gasteiger charge is -2.63. The van der Waals surface area contributed by atoms with Crippen LogP contribution >= 0.6 is 0 Å². The van der Waals surface area contributed by atoms with Gasteiger partial charge >= 0.3 is 7.12 Å². The van der Waals surface area contributed by atoms with E-state index in [1.165, 1.54) is 6.08 Å². The quantitative estimate of drug-likeness (QED) is 0.334. The maximum absolute atomic E-state index is 13.6. The van der Waals surface area contributed by atoms with Gasteiger partial charge in [-0.25, -0.2) is 0 Å². The van der Waals surface area contributed by atoms with E-state index < -0.39 is 58.3 Å². The second kappa shape index (κ2) is 9.71. The third-order valence-electron chi connectivity index (χ3n) is 12.4. The fourth-order valence-corrected chi connectivity index (χ4v) is 9.79. The zero-order valence-electron chi connectivity index (χ0n) is 25.5. The molecule has 4 fully saturated rings. The third-order valence-corrected chi connectivity index (χ3v) is 12.4. The minimum Gasteiger partial charge on any atom is -0.402 e. The number of rotatable bonds is 5. The zero-order chi connectivity index (χ0) is 30.5. The van der Waals surface area contributed by atoms with Crippen LogP contribution in [0, 0.1) is 22.7 Å². The smallest absolute Gasteiger partial charge is 0.402 e. The van der Waals surface area contributed by atoms with Gasteiger partial charge in [0.15, 0.2) is 5.78 Å². The predicted octanol–water partition coefficient (Wildman–Crippen LogP) is 2.43. The van der Waals surface area contributed by atoms with E-state index in [2.05, 4.69) is 13.8 Å². The molecule has 0 spiro atoms. The summed E-state index contributed by atoms with van der Waals surface area (Å²) in [6, 6.07) is 9.83. The maximum Gasteiger partial charge on any atom is 0.494 e. The Morgan fingerprint density at radius 1 is 0.952 bits per heavy atom. The van der Waals surface area contributed by atoms with Gasteiger partial charge < -0.3 is 34.8 Å². The summed E-state index contributed by atoms with van der Waals surface area (Å²) in [7, 11) is -0.573. The summed E-state index contributed by atoms with van der Waals surface area (Å²) in [5.41, 5.74) is -4.83. The van der Waals surface area contributed by atoms with Crippen LogP contribution in [0.5, 0.6) is 0 Å². The molecule has 3 saturated carbocycles. The first-order valence-corrected chi connectivity index (χ1v) is 15.7. The van der Waals surface area contributed by atoms with Crippen molar-refractivity contribution in [2.45, 2.75) is 127 Å². The normalized spacial score (nSPS) is 47.1. The van der Waals surface area contributed by atoms with Crippen molar-refractivity contribution in [2.75, 3.05) is 0 Å². The SMILES string of the molecule is CC(C)(O)CC[C@H]1OB(c2ccccc2)O[C@]1(C)[C@H]1CC[C@@]2(O)C3=CC(=O)[C@]4(O)C[C@@H](O)[C@@H](O)C[C@]4(C)[C@H]3CC[C@]12C. The average Bonchev–Trinajstić information content (AvgIpc) is 3.40. The van der Waals surface area contributed by atoms with Crippen molar-refractivity contribution >= 4 is 18.4 Å². The molecule has 1 aromatic rings. The van der Waals surface area contributed by atoms with Gasteiger partial charge in [0.25, 0.3) is 0 Å². The van der Waals surface area contributed by atoms with Crippen LogP contribution in [0.1, 0.15) is 86.0 Å². The largest absolute Gasteiger partial charge is 0.494 e. The van der Waals surface area contributed by atoms with Gasteiger partial charge in [-0.15, -0.1) is 0 Å². The second-order valence-electron chi connectivity index (χ2n) is 15.3. The maximum atomic E-state index is 13.6. The Morgan fingerprint density at radius 2 is 1.62 bits per heavy atom. The fraction of sp³-hybridized carbons (Fsp3) is 0.727. The van der Waals surface area contributed by atoms with Gasteiger partial charge in [-0.05, 0) is 94.7 Å².